The van der Waals surface area contributed by atoms with Crippen LogP contribution in [0.25, 0.3) is 0 Å². The second-order valence-electron chi connectivity index (χ2n) is 5.63. The van der Waals surface area contributed by atoms with Crippen molar-refractivity contribution in [3.05, 3.63) is 52.5 Å². The van der Waals surface area contributed by atoms with Gasteiger partial charge < -0.3 is 4.74 Å². The number of anilines is 1. The van der Waals surface area contributed by atoms with Crippen molar-refractivity contribution in [3.8, 4) is 5.75 Å². The molecule has 0 aliphatic heterocycles. The lowest BCUT2D eigenvalue weighted by Gasteiger charge is -2.09. The van der Waals surface area contributed by atoms with Gasteiger partial charge in [-0.15, -0.1) is 27.0 Å². The van der Waals surface area contributed by atoms with Gasteiger partial charge in [-0.3, -0.25) is 14.7 Å². The lowest BCUT2D eigenvalue weighted by atomic mass is 10.3. The van der Waals surface area contributed by atoms with Gasteiger partial charge in [0.1, 0.15) is 23.2 Å². The Labute approximate surface area is 179 Å². The number of rotatable bonds is 9. The molecule has 0 spiro atoms. The minimum absolute atomic E-state index is 0.0251. The largest absolute Gasteiger partial charge is 0.486 e. The van der Waals surface area contributed by atoms with Gasteiger partial charge in [0, 0.05) is 12.6 Å². The first-order chi connectivity index (χ1) is 14.0. The lowest BCUT2D eigenvalue weighted by Crippen LogP contribution is -2.15. The molecule has 1 aromatic carbocycles. The Hall–Kier alpha value is -2.50. The van der Waals surface area contributed by atoms with E-state index in [2.05, 4.69) is 32.3 Å². The fourth-order valence-electron chi connectivity index (χ4n) is 2.19. The number of halogens is 2. The van der Waals surface area contributed by atoms with Gasteiger partial charge in [0.05, 0.1) is 10.8 Å². The number of thioether (sulfide) groups is 1. The van der Waals surface area contributed by atoms with Crippen LogP contribution in [-0.4, -0.2) is 36.6 Å². The first-order valence-corrected chi connectivity index (χ1v) is 10.5. The number of carbonyl (C=O) groups is 1. The van der Waals surface area contributed by atoms with E-state index in [1.54, 1.807) is 10.6 Å². The third-order valence-corrected chi connectivity index (χ3v) is 5.48. The van der Waals surface area contributed by atoms with E-state index in [1.807, 2.05) is 6.92 Å². The molecule has 0 fully saturated rings. The van der Waals surface area contributed by atoms with Gasteiger partial charge in [-0.05, 0) is 19.1 Å². The molecule has 152 valence electrons. The molecule has 0 saturated carbocycles. The summed E-state index contributed by atoms with van der Waals surface area (Å²) in [5.74, 6) is 0.327. The van der Waals surface area contributed by atoms with Crippen LogP contribution in [0.5, 0.6) is 5.75 Å². The minimum Gasteiger partial charge on any atom is -0.486 e. The van der Waals surface area contributed by atoms with E-state index in [0.717, 1.165) is 5.01 Å². The molecule has 0 unspecified atom stereocenters. The van der Waals surface area contributed by atoms with Crippen LogP contribution < -0.4 is 10.1 Å². The average molecular weight is 455 g/mol. The number of nitrogens with zero attached hydrogens (tertiary/aromatic N) is 5. The van der Waals surface area contributed by atoms with E-state index >= 15 is 0 Å². The van der Waals surface area contributed by atoms with Crippen LogP contribution in [0.3, 0.4) is 0 Å². The first-order valence-electron chi connectivity index (χ1n) is 8.30. The molecule has 2 aromatic heterocycles. The van der Waals surface area contributed by atoms with E-state index in [0.29, 0.717) is 28.4 Å². The second-order valence-corrected chi connectivity index (χ2v) is 8.16. The zero-order valence-corrected chi connectivity index (χ0v) is 17.7. The van der Waals surface area contributed by atoms with Crippen LogP contribution in [0.2, 0.25) is 5.02 Å². The number of benzene rings is 1. The van der Waals surface area contributed by atoms with Gasteiger partial charge in [0.2, 0.25) is 11.0 Å². The van der Waals surface area contributed by atoms with Crippen molar-refractivity contribution in [3.63, 3.8) is 0 Å². The number of ether oxygens (including phenoxy) is 1. The molecule has 29 heavy (non-hydrogen) atoms. The normalized spacial score (nSPS) is 10.7. The number of amides is 1. The summed E-state index contributed by atoms with van der Waals surface area (Å²) in [7, 11) is 0. The standard InChI is InChI=1S/C17H16ClFN6O2S2/c1-3-6-25-14(8-27-11-4-5-13(19)12(18)7-11)22-24-17(25)28-9-15(26)20-16-23-21-10(2)29-16/h3-5,7H,1,6,8-9H2,2H3,(H,20,23,26). The number of hydrogen-bond donors (Lipinski definition) is 1. The van der Waals surface area contributed by atoms with Crippen LogP contribution in [0.4, 0.5) is 9.52 Å². The number of aryl methyl sites for hydroxylation is 1. The Morgan fingerprint density at radius 3 is 2.93 bits per heavy atom. The summed E-state index contributed by atoms with van der Waals surface area (Å²) in [4.78, 5) is 12.1. The van der Waals surface area contributed by atoms with Gasteiger partial charge in [0.25, 0.3) is 0 Å². The van der Waals surface area contributed by atoms with Crippen LogP contribution >= 0.6 is 34.7 Å². The maximum atomic E-state index is 13.3. The Morgan fingerprint density at radius 1 is 1.41 bits per heavy atom. The highest BCUT2D eigenvalue weighted by atomic mass is 35.5. The Kier molecular flexibility index (Phi) is 7.18. The molecule has 8 nitrogen and oxygen atoms in total. The van der Waals surface area contributed by atoms with Crippen LogP contribution in [0.1, 0.15) is 10.8 Å². The van der Waals surface area contributed by atoms with Gasteiger partial charge in [-0.2, -0.15) is 0 Å². The zero-order valence-electron chi connectivity index (χ0n) is 15.3. The van der Waals surface area contributed by atoms with Gasteiger partial charge >= 0.3 is 0 Å². The molecule has 0 aliphatic carbocycles. The molecule has 1 N–H and O–H groups in total. The van der Waals surface area contributed by atoms with Crippen molar-refractivity contribution in [2.75, 3.05) is 11.1 Å². The molecule has 0 saturated heterocycles. The summed E-state index contributed by atoms with van der Waals surface area (Å²) in [6, 6.07) is 4.09. The van der Waals surface area contributed by atoms with Crippen molar-refractivity contribution >= 4 is 45.7 Å². The van der Waals surface area contributed by atoms with Crippen molar-refractivity contribution < 1.29 is 13.9 Å². The molecule has 1 amide bonds. The molecule has 0 aliphatic rings. The zero-order chi connectivity index (χ0) is 20.8. The van der Waals surface area contributed by atoms with Gasteiger partial charge in [-0.1, -0.05) is 40.8 Å². The summed E-state index contributed by atoms with van der Waals surface area (Å²) >= 11 is 8.29. The van der Waals surface area contributed by atoms with E-state index in [9.17, 15) is 9.18 Å². The number of carbonyl (C=O) groups excluding carboxylic acids is 1. The summed E-state index contributed by atoms with van der Waals surface area (Å²) in [5, 5.41) is 20.4. The molecule has 0 bridgehead atoms. The smallest absolute Gasteiger partial charge is 0.236 e. The van der Waals surface area contributed by atoms with Crippen molar-refractivity contribution in [1.29, 1.82) is 0 Å². The first kappa shape index (κ1) is 21.2. The van der Waals surface area contributed by atoms with E-state index < -0.39 is 5.82 Å². The molecule has 0 atom stereocenters. The topological polar surface area (TPSA) is 94.8 Å². The number of nitrogens with one attached hydrogen (secondary N) is 1. The molecular weight excluding hydrogens is 439 g/mol. The number of hydrogen-bond acceptors (Lipinski definition) is 8. The molecule has 0 radical (unpaired) electrons. The monoisotopic (exact) mass is 454 g/mol. The fraction of sp³-hybridized carbons (Fsp3) is 0.235. The fourth-order valence-corrected chi connectivity index (χ4v) is 3.74. The van der Waals surface area contributed by atoms with Crippen LogP contribution in [-0.2, 0) is 17.9 Å². The quantitative estimate of drug-likeness (QED) is 0.389. The maximum Gasteiger partial charge on any atom is 0.236 e. The third kappa shape index (κ3) is 5.75. The van der Waals surface area contributed by atoms with Crippen LogP contribution in [0.15, 0.2) is 36.0 Å². The predicted octanol–water partition coefficient (Wildman–Crippen LogP) is 3.73. The minimum atomic E-state index is -0.519. The van der Waals surface area contributed by atoms with E-state index in [4.69, 9.17) is 16.3 Å². The Balaban J connectivity index is 1.62. The molecule has 3 rings (SSSR count). The Morgan fingerprint density at radius 2 is 2.24 bits per heavy atom. The highest BCUT2D eigenvalue weighted by molar-refractivity contribution is 7.99. The van der Waals surface area contributed by atoms with Crippen LogP contribution in [0, 0.1) is 12.7 Å². The summed E-state index contributed by atoms with van der Waals surface area (Å²) < 4.78 is 20.7. The van der Waals surface area contributed by atoms with E-state index in [1.165, 1.54) is 41.3 Å². The van der Waals surface area contributed by atoms with Crippen molar-refractivity contribution in [1.82, 2.24) is 25.0 Å². The summed E-state index contributed by atoms with van der Waals surface area (Å²) in [5.41, 5.74) is 0. The highest BCUT2D eigenvalue weighted by Gasteiger charge is 2.15. The predicted molar refractivity (Wildman–Crippen MR) is 110 cm³/mol. The molecule has 2 heterocycles. The lowest BCUT2D eigenvalue weighted by molar-refractivity contribution is -0.113. The summed E-state index contributed by atoms with van der Waals surface area (Å²) in [6.07, 6.45) is 1.69. The second kappa shape index (κ2) is 9.81. The third-order valence-electron chi connectivity index (χ3n) is 3.47. The van der Waals surface area contributed by atoms with Crippen molar-refractivity contribution in [2.45, 2.75) is 25.2 Å². The van der Waals surface area contributed by atoms with E-state index in [-0.39, 0.29) is 23.3 Å². The summed E-state index contributed by atoms with van der Waals surface area (Å²) in [6.45, 7) is 6.08. The van der Waals surface area contributed by atoms with Gasteiger partial charge in [0.15, 0.2) is 11.0 Å². The van der Waals surface area contributed by atoms with Crippen molar-refractivity contribution in [2.24, 2.45) is 0 Å². The maximum absolute atomic E-state index is 13.3. The molecule has 3 aromatic rings. The van der Waals surface area contributed by atoms with Gasteiger partial charge in [-0.25, -0.2) is 4.39 Å². The average Bonchev–Trinajstić information content (AvgIpc) is 3.27. The number of allylic oxidation sites excluding steroid dienone is 1. The highest BCUT2D eigenvalue weighted by Crippen LogP contribution is 2.23. The molecule has 12 heteroatoms. The number of aromatic nitrogens is 5. The SMILES string of the molecule is C=CCn1c(COc2ccc(F)c(Cl)c2)nnc1SCC(=O)Nc1nnc(C)s1. The molecular formula is C17H16ClFN6O2S2. The Bertz CT molecular complexity index is 1030.